The van der Waals surface area contributed by atoms with E-state index in [0.29, 0.717) is 12.4 Å². The molecule has 1 amide bonds. The monoisotopic (exact) mass is 361 g/mol. The van der Waals surface area contributed by atoms with E-state index in [1.54, 1.807) is 18.6 Å². The fourth-order valence-electron chi connectivity index (χ4n) is 2.81. The summed E-state index contributed by atoms with van der Waals surface area (Å²) in [6, 6.07) is 9.95. The van der Waals surface area contributed by atoms with Crippen molar-refractivity contribution in [1.82, 2.24) is 15.0 Å². The molecule has 2 aromatic heterocycles. The van der Waals surface area contributed by atoms with Crippen LogP contribution in [0.4, 0.5) is 11.5 Å². The van der Waals surface area contributed by atoms with Gasteiger partial charge in [-0.3, -0.25) is 9.78 Å². The lowest BCUT2D eigenvalue weighted by Crippen LogP contribution is -2.17. The van der Waals surface area contributed by atoms with E-state index in [9.17, 15) is 4.79 Å². The maximum atomic E-state index is 12.6. The maximum Gasteiger partial charge on any atom is 0.275 e. The number of pyridine rings is 1. The van der Waals surface area contributed by atoms with Crippen molar-refractivity contribution in [3.8, 4) is 0 Å². The van der Waals surface area contributed by atoms with Crippen LogP contribution in [0.5, 0.6) is 0 Å². The zero-order chi connectivity index (χ0) is 19.1. The zero-order valence-electron chi connectivity index (χ0n) is 15.6. The minimum absolute atomic E-state index is 0.253. The molecular weight excluding hydrogens is 338 g/mol. The van der Waals surface area contributed by atoms with Crippen LogP contribution in [0, 0.1) is 0 Å². The largest absolute Gasteiger partial charge is 0.365 e. The van der Waals surface area contributed by atoms with Gasteiger partial charge in [-0.15, -0.1) is 0 Å². The number of rotatable bonds is 7. The van der Waals surface area contributed by atoms with Crippen LogP contribution in [0.2, 0.25) is 0 Å². The number of aromatic nitrogens is 3. The summed E-state index contributed by atoms with van der Waals surface area (Å²) < 4.78 is 0. The average molecular weight is 361 g/mol. The molecule has 3 rings (SSSR count). The van der Waals surface area contributed by atoms with E-state index in [2.05, 4.69) is 39.4 Å². The number of aryl methyl sites for hydroxylation is 2. The molecule has 0 fully saturated rings. The van der Waals surface area contributed by atoms with Gasteiger partial charge in [-0.05, 0) is 35.6 Å². The second-order valence-corrected chi connectivity index (χ2v) is 6.11. The molecule has 0 spiro atoms. The third-order valence-electron chi connectivity index (χ3n) is 4.32. The SMILES string of the molecule is CCc1cccc(CC)c1NC(=O)c1cnc(NCc2cccnc2)cn1. The Labute approximate surface area is 159 Å². The van der Waals surface area contributed by atoms with Crippen molar-refractivity contribution in [3.05, 3.63) is 77.5 Å². The fraction of sp³-hybridized carbons (Fsp3) is 0.238. The lowest BCUT2D eigenvalue weighted by atomic mass is 10.0. The highest BCUT2D eigenvalue weighted by atomic mass is 16.1. The van der Waals surface area contributed by atoms with Crippen LogP contribution in [-0.4, -0.2) is 20.9 Å². The smallest absolute Gasteiger partial charge is 0.275 e. The standard InChI is InChI=1S/C21H23N5O/c1-3-16-8-5-9-17(4-2)20(16)26-21(27)18-13-25-19(14-23-18)24-12-15-7-6-10-22-11-15/h5-11,13-14H,3-4,12H2,1-2H3,(H,24,25)(H,26,27). The van der Waals surface area contributed by atoms with Gasteiger partial charge in [-0.1, -0.05) is 38.1 Å². The molecule has 0 unspecified atom stereocenters. The lowest BCUT2D eigenvalue weighted by molar-refractivity contribution is 0.102. The van der Waals surface area contributed by atoms with Gasteiger partial charge < -0.3 is 10.6 Å². The molecule has 0 atom stereocenters. The minimum Gasteiger partial charge on any atom is -0.365 e. The minimum atomic E-state index is -0.253. The molecule has 3 aromatic rings. The van der Waals surface area contributed by atoms with E-state index in [1.807, 2.05) is 30.3 Å². The highest BCUT2D eigenvalue weighted by Crippen LogP contribution is 2.23. The number of nitrogens with one attached hydrogen (secondary N) is 2. The van der Waals surface area contributed by atoms with E-state index in [1.165, 1.54) is 6.20 Å². The maximum absolute atomic E-state index is 12.6. The Morgan fingerprint density at radius 3 is 2.33 bits per heavy atom. The lowest BCUT2D eigenvalue weighted by Gasteiger charge is -2.14. The summed E-state index contributed by atoms with van der Waals surface area (Å²) in [5.74, 6) is 0.357. The number of hydrogen-bond donors (Lipinski definition) is 2. The average Bonchev–Trinajstić information content (AvgIpc) is 2.73. The molecule has 0 radical (unpaired) electrons. The van der Waals surface area contributed by atoms with E-state index >= 15 is 0 Å². The second kappa shape index (κ2) is 8.89. The second-order valence-electron chi connectivity index (χ2n) is 6.11. The number of anilines is 2. The molecule has 0 aliphatic carbocycles. The van der Waals surface area contributed by atoms with Gasteiger partial charge in [0.2, 0.25) is 0 Å². The Balaban J connectivity index is 1.68. The van der Waals surface area contributed by atoms with E-state index in [0.717, 1.165) is 35.2 Å². The van der Waals surface area contributed by atoms with Crippen LogP contribution < -0.4 is 10.6 Å². The van der Waals surface area contributed by atoms with Gasteiger partial charge in [0.15, 0.2) is 0 Å². The first-order chi connectivity index (χ1) is 13.2. The Morgan fingerprint density at radius 2 is 1.74 bits per heavy atom. The van der Waals surface area contributed by atoms with Gasteiger partial charge in [-0.25, -0.2) is 9.97 Å². The van der Waals surface area contributed by atoms with Crippen molar-refractivity contribution in [2.75, 3.05) is 10.6 Å². The quantitative estimate of drug-likeness (QED) is 0.668. The Kier molecular flexibility index (Phi) is 6.10. The van der Waals surface area contributed by atoms with Crippen LogP contribution in [0.25, 0.3) is 0 Å². The van der Waals surface area contributed by atoms with Crippen LogP contribution in [0.1, 0.15) is 41.0 Å². The van der Waals surface area contributed by atoms with Crippen molar-refractivity contribution in [3.63, 3.8) is 0 Å². The van der Waals surface area contributed by atoms with Gasteiger partial charge in [0.25, 0.3) is 5.91 Å². The summed E-state index contributed by atoms with van der Waals surface area (Å²) in [7, 11) is 0. The van der Waals surface area contributed by atoms with Crippen molar-refractivity contribution in [1.29, 1.82) is 0 Å². The van der Waals surface area contributed by atoms with Crippen molar-refractivity contribution in [2.45, 2.75) is 33.2 Å². The third-order valence-corrected chi connectivity index (χ3v) is 4.32. The summed E-state index contributed by atoms with van der Waals surface area (Å²) in [6.45, 7) is 4.75. The van der Waals surface area contributed by atoms with Gasteiger partial charge in [0.05, 0.1) is 12.4 Å². The molecule has 1 aromatic carbocycles. The first kappa shape index (κ1) is 18.5. The Hall–Kier alpha value is -3.28. The Morgan fingerprint density at radius 1 is 0.963 bits per heavy atom. The molecule has 0 aliphatic heterocycles. The highest BCUT2D eigenvalue weighted by Gasteiger charge is 2.13. The first-order valence-electron chi connectivity index (χ1n) is 9.08. The van der Waals surface area contributed by atoms with Crippen LogP contribution >= 0.6 is 0 Å². The van der Waals surface area contributed by atoms with Crippen molar-refractivity contribution < 1.29 is 4.79 Å². The van der Waals surface area contributed by atoms with Gasteiger partial charge in [0, 0.05) is 24.6 Å². The van der Waals surface area contributed by atoms with E-state index < -0.39 is 0 Å². The molecule has 0 bridgehead atoms. The van der Waals surface area contributed by atoms with E-state index in [-0.39, 0.29) is 11.6 Å². The molecule has 6 heteroatoms. The summed E-state index contributed by atoms with van der Waals surface area (Å²) in [6.07, 6.45) is 8.29. The van der Waals surface area contributed by atoms with Gasteiger partial charge in [0.1, 0.15) is 11.5 Å². The van der Waals surface area contributed by atoms with E-state index in [4.69, 9.17) is 0 Å². The summed E-state index contributed by atoms with van der Waals surface area (Å²) >= 11 is 0. The number of para-hydroxylation sites is 1. The van der Waals surface area contributed by atoms with Crippen LogP contribution in [0.3, 0.4) is 0 Å². The number of nitrogens with zero attached hydrogens (tertiary/aromatic N) is 3. The number of carbonyl (C=O) groups is 1. The molecule has 2 heterocycles. The van der Waals surface area contributed by atoms with Crippen molar-refractivity contribution in [2.24, 2.45) is 0 Å². The fourth-order valence-corrected chi connectivity index (χ4v) is 2.81. The predicted molar refractivity (Wildman–Crippen MR) is 107 cm³/mol. The predicted octanol–water partition coefficient (Wildman–Crippen LogP) is 3.86. The topological polar surface area (TPSA) is 79.8 Å². The normalized spacial score (nSPS) is 10.4. The van der Waals surface area contributed by atoms with Gasteiger partial charge >= 0.3 is 0 Å². The molecule has 2 N–H and O–H groups in total. The van der Waals surface area contributed by atoms with Crippen LogP contribution in [-0.2, 0) is 19.4 Å². The molecule has 0 saturated carbocycles. The van der Waals surface area contributed by atoms with Crippen molar-refractivity contribution >= 4 is 17.4 Å². The first-order valence-corrected chi connectivity index (χ1v) is 9.08. The molecule has 6 nitrogen and oxygen atoms in total. The van der Waals surface area contributed by atoms with Gasteiger partial charge in [-0.2, -0.15) is 0 Å². The summed E-state index contributed by atoms with van der Waals surface area (Å²) in [4.78, 5) is 25.2. The number of hydrogen-bond acceptors (Lipinski definition) is 5. The molecule has 0 aliphatic rings. The number of amides is 1. The molecule has 27 heavy (non-hydrogen) atoms. The summed E-state index contributed by atoms with van der Waals surface area (Å²) in [5, 5.41) is 6.17. The third kappa shape index (κ3) is 4.67. The zero-order valence-corrected chi connectivity index (χ0v) is 15.6. The molecule has 0 saturated heterocycles. The number of carbonyl (C=O) groups excluding carboxylic acids is 1. The summed E-state index contributed by atoms with van der Waals surface area (Å²) in [5.41, 5.74) is 4.45. The van der Waals surface area contributed by atoms with Crippen LogP contribution in [0.15, 0.2) is 55.1 Å². The Bertz CT molecular complexity index is 872. The number of benzene rings is 1. The highest BCUT2D eigenvalue weighted by molar-refractivity contribution is 6.03. The molecular formula is C21H23N5O. The molecule has 138 valence electrons.